The average molecular weight is 572 g/mol. The molecule has 0 spiro atoms. The summed E-state index contributed by atoms with van der Waals surface area (Å²) in [7, 11) is 0. The van der Waals surface area contributed by atoms with Gasteiger partial charge in [-0.3, -0.25) is 0 Å². The molecule has 3 aromatic carbocycles. The van der Waals surface area contributed by atoms with Gasteiger partial charge in [-0.05, 0) is 0 Å². The molecule has 4 heteroatoms. The second kappa shape index (κ2) is 12.5. The number of allylic oxidation sites excluding steroid dienone is 2. The van der Waals surface area contributed by atoms with Crippen LogP contribution in [0, 0.1) is 0 Å². The van der Waals surface area contributed by atoms with Crippen molar-refractivity contribution < 1.29 is 45.7 Å². The molecule has 2 aliphatic carbocycles. The van der Waals surface area contributed by atoms with E-state index in [-0.39, 0.29) is 31.5 Å². The number of rotatable bonds is 4. The normalized spacial score (nSPS) is 17.6. The molecule has 0 saturated heterocycles. The molecule has 0 heterocycles. The monoisotopic (exact) mass is 569 g/mol. The standard InChI is InChI=1S/C16H13.C10H9.C2H6.CH5Si.2ClH.Zr/c1-12-10-14-8-5-9-15(16(14)11-12)13-6-3-2-4-7-13;1-8-6-9-4-2-3-5-10(9)7-8;2*1-2;;;/h2-11H,1H3;2-7H,1H3;1-2H3;2H2,1H3;2*1H;/q;;;;;;+2/p-2. The Kier molecular flexibility index (Phi) is 10.6. The predicted molar refractivity (Wildman–Crippen MR) is 137 cm³/mol. The van der Waals surface area contributed by atoms with Crippen molar-refractivity contribution in [3.8, 4) is 11.1 Å². The van der Waals surface area contributed by atoms with Crippen molar-refractivity contribution in [3.63, 3.8) is 0 Å². The molecular weight excluding hydrogens is 539 g/mol. The maximum Gasteiger partial charge on any atom is -1.00 e. The molecule has 33 heavy (non-hydrogen) atoms. The number of halogens is 2. The Labute approximate surface area is 221 Å². The number of hydrogen-bond donors (Lipinski definition) is 0. The summed E-state index contributed by atoms with van der Waals surface area (Å²) in [5.41, 5.74) is 12.3. The van der Waals surface area contributed by atoms with Gasteiger partial charge in [-0.25, -0.2) is 0 Å². The molecule has 2 unspecified atom stereocenters. The van der Waals surface area contributed by atoms with E-state index >= 15 is 0 Å². The molecular formula is C29H33Cl2SiZr. The summed E-state index contributed by atoms with van der Waals surface area (Å²) in [4.78, 5) is 0. The van der Waals surface area contributed by atoms with E-state index in [4.69, 9.17) is 0 Å². The molecule has 0 N–H and O–H groups in total. The minimum atomic E-state index is -1.74. The first-order chi connectivity index (χ1) is 15.2. The van der Waals surface area contributed by atoms with Gasteiger partial charge in [-0.15, -0.1) is 0 Å². The molecule has 0 nitrogen and oxygen atoms in total. The smallest absolute Gasteiger partial charge is 1.00 e. The summed E-state index contributed by atoms with van der Waals surface area (Å²) < 4.78 is 1.51. The van der Waals surface area contributed by atoms with E-state index in [1.165, 1.54) is 22.3 Å². The van der Waals surface area contributed by atoms with Crippen molar-refractivity contribution >= 4 is 18.8 Å². The fourth-order valence-corrected chi connectivity index (χ4v) is 26.0. The first kappa shape index (κ1) is 28.1. The minimum absolute atomic E-state index is 0. The largest absolute Gasteiger partial charge is 1.00 e. The molecule has 3 aromatic rings. The molecule has 5 rings (SSSR count). The van der Waals surface area contributed by atoms with Crippen LogP contribution in [-0.2, 0) is 20.9 Å². The molecule has 0 aliphatic heterocycles. The first-order valence-electron chi connectivity index (χ1n) is 11.7. The van der Waals surface area contributed by atoms with Crippen LogP contribution in [0.25, 0.3) is 23.3 Å². The molecule has 0 fully saturated rings. The summed E-state index contributed by atoms with van der Waals surface area (Å²) in [5, 5.41) is 0. The van der Waals surface area contributed by atoms with Crippen LogP contribution in [0.15, 0.2) is 83.9 Å². The van der Waals surface area contributed by atoms with E-state index in [1.54, 1.807) is 22.3 Å². The van der Waals surface area contributed by atoms with E-state index in [1.807, 2.05) is 13.8 Å². The third kappa shape index (κ3) is 5.25. The van der Waals surface area contributed by atoms with Crippen LogP contribution < -0.4 is 24.8 Å². The maximum atomic E-state index is 2.59. The molecule has 0 radical (unpaired) electrons. The van der Waals surface area contributed by atoms with E-state index < -0.39 is 20.9 Å². The van der Waals surface area contributed by atoms with E-state index in [9.17, 15) is 0 Å². The summed E-state index contributed by atoms with van der Waals surface area (Å²) in [6.45, 7) is 11.4. The molecule has 2 atom stereocenters. The molecule has 171 valence electrons. The van der Waals surface area contributed by atoms with Gasteiger partial charge in [0.05, 0.1) is 0 Å². The van der Waals surface area contributed by atoms with Crippen molar-refractivity contribution in [1.29, 1.82) is 0 Å². The fraction of sp³-hybridized carbons (Fsp3) is 0.241. The second-order valence-electron chi connectivity index (χ2n) is 8.37. The quantitative estimate of drug-likeness (QED) is 0.419. The SMILES string of the molecule is CC.C[SiH2][Zr+2]([CH]1C(C)=Cc2ccccc21)[CH]1C(C)=Cc2c(-c3ccccc3)cccc21.[Cl-].[Cl-]. The second-order valence-corrected chi connectivity index (χ2v) is 24.8. The Morgan fingerprint density at radius 3 is 1.94 bits per heavy atom. The first-order valence-corrected chi connectivity index (χ1v) is 21.9. The Balaban J connectivity index is 0.000000939. The maximum absolute atomic E-state index is 2.59. The molecule has 2 aliphatic rings. The van der Waals surface area contributed by atoms with Crippen molar-refractivity contribution in [1.82, 2.24) is 0 Å². The molecule has 0 amide bonds. The zero-order valence-electron chi connectivity index (χ0n) is 20.2. The van der Waals surface area contributed by atoms with Gasteiger partial charge in [0.25, 0.3) is 0 Å². The van der Waals surface area contributed by atoms with E-state index in [0.29, 0.717) is 0 Å². The zero-order chi connectivity index (χ0) is 22.0. The molecule has 0 aromatic heterocycles. The third-order valence-corrected chi connectivity index (χ3v) is 25.7. The van der Waals surface area contributed by atoms with Crippen molar-refractivity contribution in [3.05, 3.63) is 106 Å². The topological polar surface area (TPSA) is 0 Å². The Morgan fingerprint density at radius 1 is 0.667 bits per heavy atom. The van der Waals surface area contributed by atoms with Crippen molar-refractivity contribution in [2.75, 3.05) is 0 Å². The summed E-state index contributed by atoms with van der Waals surface area (Å²) >= 11 is -1.74. The van der Waals surface area contributed by atoms with Crippen molar-refractivity contribution in [2.45, 2.75) is 41.5 Å². The average Bonchev–Trinajstić information content (AvgIpc) is 3.33. The fourth-order valence-electron chi connectivity index (χ4n) is 5.46. The van der Waals surface area contributed by atoms with Gasteiger partial charge in [-0.2, -0.15) is 0 Å². The van der Waals surface area contributed by atoms with Crippen LogP contribution in [0.3, 0.4) is 0 Å². The number of hydrogen-bond acceptors (Lipinski definition) is 0. The van der Waals surface area contributed by atoms with E-state index in [2.05, 4.69) is 105 Å². The van der Waals surface area contributed by atoms with Crippen LogP contribution in [0.2, 0.25) is 6.55 Å². The summed E-state index contributed by atoms with van der Waals surface area (Å²) in [6.07, 6.45) is 4.99. The van der Waals surface area contributed by atoms with E-state index in [0.717, 1.165) is 7.25 Å². The third-order valence-electron chi connectivity index (χ3n) is 6.66. The van der Waals surface area contributed by atoms with Crippen LogP contribution in [0.4, 0.5) is 0 Å². The Hall–Kier alpha value is -1.18. The number of fused-ring (bicyclic) bond motifs is 2. The molecule has 0 saturated carbocycles. The number of benzene rings is 3. The van der Waals surface area contributed by atoms with Gasteiger partial charge >= 0.3 is 185 Å². The Morgan fingerprint density at radius 2 is 1.24 bits per heavy atom. The van der Waals surface area contributed by atoms with Gasteiger partial charge in [0.2, 0.25) is 0 Å². The van der Waals surface area contributed by atoms with Gasteiger partial charge < -0.3 is 24.8 Å². The molecule has 0 bridgehead atoms. The van der Waals surface area contributed by atoms with Gasteiger partial charge in [0.1, 0.15) is 0 Å². The van der Waals surface area contributed by atoms with Crippen LogP contribution in [-0.4, -0.2) is 6.65 Å². The minimum Gasteiger partial charge on any atom is -1.00 e. The summed E-state index contributed by atoms with van der Waals surface area (Å²) in [6, 6.07) is 27.1. The zero-order valence-corrected chi connectivity index (χ0v) is 25.6. The summed E-state index contributed by atoms with van der Waals surface area (Å²) in [5.74, 6) is 0. The Bertz CT molecular complexity index is 1140. The van der Waals surface area contributed by atoms with Crippen LogP contribution in [0.5, 0.6) is 0 Å². The predicted octanol–water partition coefficient (Wildman–Crippen LogP) is 1.75. The van der Waals surface area contributed by atoms with Gasteiger partial charge in [0.15, 0.2) is 0 Å². The van der Waals surface area contributed by atoms with Gasteiger partial charge in [0, 0.05) is 0 Å². The van der Waals surface area contributed by atoms with Crippen LogP contribution in [0.1, 0.15) is 57.2 Å². The van der Waals surface area contributed by atoms with Crippen LogP contribution >= 0.6 is 0 Å². The van der Waals surface area contributed by atoms with Gasteiger partial charge in [-0.1, -0.05) is 13.8 Å². The van der Waals surface area contributed by atoms with Crippen molar-refractivity contribution in [2.24, 2.45) is 0 Å².